The molecule has 0 spiro atoms. The average Bonchev–Trinajstić information content (AvgIpc) is 2.55. The predicted octanol–water partition coefficient (Wildman–Crippen LogP) is 4.36. The molecule has 1 aromatic carbocycles. The number of halogens is 5. The summed E-state index contributed by atoms with van der Waals surface area (Å²) >= 11 is 1.64. The third-order valence-corrected chi connectivity index (χ3v) is 4.36. The average molecular weight is 445 g/mol. The van der Waals surface area contributed by atoms with Gasteiger partial charge < -0.3 is 4.74 Å². The normalized spacial score (nSPS) is 17.8. The van der Waals surface area contributed by atoms with Crippen LogP contribution in [0, 0.1) is 11.3 Å². The third kappa shape index (κ3) is 2.47. The lowest BCUT2D eigenvalue weighted by atomic mass is 9.79. The van der Waals surface area contributed by atoms with Gasteiger partial charge in [-0.2, -0.15) is 14.0 Å². The molecule has 0 heterocycles. The molecule has 0 aromatic heterocycles. The maximum absolute atomic E-state index is 13.3. The first-order chi connectivity index (χ1) is 11.3. The number of allylic oxidation sites excluding steroid dienone is 3. The van der Waals surface area contributed by atoms with Crippen molar-refractivity contribution in [2.24, 2.45) is 0 Å². The van der Waals surface area contributed by atoms with E-state index in [-0.39, 0.29) is 26.2 Å². The van der Waals surface area contributed by atoms with E-state index in [1.165, 1.54) is 6.07 Å². The van der Waals surface area contributed by atoms with Crippen LogP contribution >= 0.6 is 22.6 Å². The molecular formula is C16H4F4INO2. The van der Waals surface area contributed by atoms with Crippen LogP contribution in [-0.2, 0) is 4.79 Å². The van der Waals surface area contributed by atoms with Crippen molar-refractivity contribution in [2.45, 2.75) is 12.3 Å². The molecule has 0 radical (unpaired) electrons. The van der Waals surface area contributed by atoms with Crippen LogP contribution in [0.1, 0.15) is 17.6 Å². The van der Waals surface area contributed by atoms with E-state index < -0.39 is 29.3 Å². The summed E-state index contributed by atoms with van der Waals surface area (Å²) in [7, 11) is 0. The molecule has 0 bridgehead atoms. The molecule has 0 atom stereocenters. The summed E-state index contributed by atoms with van der Waals surface area (Å²) in [5, 5.41) is 8.88. The predicted molar refractivity (Wildman–Crippen MR) is 81.8 cm³/mol. The summed E-state index contributed by atoms with van der Waals surface area (Å²) in [6.45, 7) is 0. The molecule has 24 heavy (non-hydrogen) atoms. The van der Waals surface area contributed by atoms with E-state index in [9.17, 15) is 22.4 Å². The van der Waals surface area contributed by atoms with Crippen molar-refractivity contribution >= 4 is 28.4 Å². The van der Waals surface area contributed by atoms with Crippen molar-refractivity contribution in [2.75, 3.05) is 0 Å². The quantitative estimate of drug-likeness (QED) is 0.395. The van der Waals surface area contributed by atoms with Crippen LogP contribution in [0.15, 0.2) is 50.1 Å². The Balaban J connectivity index is 2.03. The van der Waals surface area contributed by atoms with E-state index in [2.05, 4.69) is 11.5 Å². The van der Waals surface area contributed by atoms with Gasteiger partial charge in [0.05, 0.1) is 26.4 Å². The van der Waals surface area contributed by atoms with Gasteiger partial charge in [0.25, 0.3) is 6.43 Å². The van der Waals surface area contributed by atoms with Crippen molar-refractivity contribution in [1.29, 1.82) is 5.26 Å². The van der Waals surface area contributed by atoms with Crippen LogP contribution in [0.25, 0.3) is 0 Å². The number of nitriles is 1. The molecule has 120 valence electrons. The largest absolute Gasteiger partial charge is 0.447 e. The van der Waals surface area contributed by atoms with E-state index in [4.69, 9.17) is 10.00 Å². The summed E-state index contributed by atoms with van der Waals surface area (Å²) in [6.07, 6.45) is -2.81. The molecule has 0 aliphatic heterocycles. The van der Waals surface area contributed by atoms with Gasteiger partial charge in [-0.15, -0.1) is 0 Å². The topological polar surface area (TPSA) is 50.1 Å². The highest BCUT2D eigenvalue weighted by molar-refractivity contribution is 14.1. The van der Waals surface area contributed by atoms with Crippen molar-refractivity contribution < 1.29 is 27.1 Å². The van der Waals surface area contributed by atoms with Gasteiger partial charge in [-0.3, -0.25) is 4.79 Å². The molecule has 0 saturated heterocycles. The minimum absolute atomic E-state index is 0.0478. The van der Waals surface area contributed by atoms with Gasteiger partial charge >= 0.3 is 5.92 Å². The smallest absolute Gasteiger partial charge is 0.343 e. The molecule has 1 aromatic rings. The van der Waals surface area contributed by atoms with E-state index in [1.54, 1.807) is 28.7 Å². The Kier molecular flexibility index (Phi) is 3.88. The van der Waals surface area contributed by atoms with Gasteiger partial charge in [0, 0.05) is 5.56 Å². The summed E-state index contributed by atoms with van der Waals surface area (Å²) in [5.41, 5.74) is 3.26. The minimum Gasteiger partial charge on any atom is -0.447 e. The zero-order valence-corrected chi connectivity index (χ0v) is 13.6. The van der Waals surface area contributed by atoms with Crippen LogP contribution in [0.3, 0.4) is 0 Å². The number of nitrogens with zero attached hydrogens (tertiary/aromatic N) is 1. The zero-order chi connectivity index (χ0) is 17.6. The van der Waals surface area contributed by atoms with Crippen LogP contribution in [0.5, 0.6) is 5.75 Å². The fourth-order valence-electron chi connectivity index (χ4n) is 2.18. The van der Waals surface area contributed by atoms with Crippen LogP contribution < -0.4 is 4.74 Å². The number of benzene rings is 1. The van der Waals surface area contributed by atoms with Gasteiger partial charge in [0.15, 0.2) is 5.76 Å². The second-order valence-electron chi connectivity index (χ2n) is 4.85. The summed E-state index contributed by atoms with van der Waals surface area (Å²) < 4.78 is 57.8. The molecule has 0 amide bonds. The lowest BCUT2D eigenvalue weighted by Crippen LogP contribution is -2.45. The molecule has 1 saturated carbocycles. The van der Waals surface area contributed by atoms with Crippen LogP contribution in [0.2, 0.25) is 0 Å². The van der Waals surface area contributed by atoms with Crippen molar-refractivity contribution in [3.63, 3.8) is 0 Å². The fraction of sp³-hybridized carbons (Fsp3) is 0.125. The Labute approximate surface area is 146 Å². The third-order valence-electron chi connectivity index (χ3n) is 3.33. The second kappa shape index (κ2) is 5.64. The standard InChI is InChI=1S/C16H4F4INO2/c17-15(18)8-3-7(6-22)4-9(5-8)24-11-2-1-10-12(13(11)21)14(23)16(10,19)20/h3-5,15H. The van der Waals surface area contributed by atoms with Crippen molar-refractivity contribution in [3.8, 4) is 11.8 Å². The number of fused-ring (bicyclic) bond motifs is 1. The summed E-state index contributed by atoms with van der Waals surface area (Å²) in [6, 6.07) is 4.97. The van der Waals surface area contributed by atoms with E-state index in [0.717, 1.165) is 12.1 Å². The SMILES string of the molecule is N#Cc1cc(OC2=C=C=C3C(=C2I)C(=O)C3(F)F)cc(C(F)F)c1. The van der Waals surface area contributed by atoms with Crippen LogP contribution in [0.4, 0.5) is 17.6 Å². The number of carbonyl (C=O) groups excluding carboxylic acids is 1. The Morgan fingerprint density at radius 1 is 1.25 bits per heavy atom. The molecular weight excluding hydrogens is 441 g/mol. The fourth-order valence-corrected chi connectivity index (χ4v) is 2.94. The molecule has 0 unspecified atom stereocenters. The molecule has 3 rings (SSSR count). The number of carbonyl (C=O) groups is 1. The Morgan fingerprint density at radius 3 is 2.58 bits per heavy atom. The molecule has 2 aliphatic rings. The van der Waals surface area contributed by atoms with Gasteiger partial charge in [0.1, 0.15) is 5.75 Å². The monoisotopic (exact) mass is 445 g/mol. The first-order valence-electron chi connectivity index (χ1n) is 6.36. The first-order valence-corrected chi connectivity index (χ1v) is 7.44. The Hall–Kier alpha value is -2.33. The first kappa shape index (κ1) is 16.5. The lowest BCUT2D eigenvalue weighted by molar-refractivity contribution is -0.139. The lowest BCUT2D eigenvalue weighted by Gasteiger charge is -2.31. The Bertz CT molecular complexity index is 959. The molecule has 1 fully saturated rings. The Morgan fingerprint density at radius 2 is 1.96 bits per heavy atom. The van der Waals surface area contributed by atoms with Gasteiger partial charge in [-0.25, -0.2) is 8.78 Å². The number of ketones is 1. The zero-order valence-electron chi connectivity index (χ0n) is 11.5. The second-order valence-corrected chi connectivity index (χ2v) is 5.93. The van der Waals surface area contributed by atoms with Crippen molar-refractivity contribution in [3.05, 3.63) is 61.3 Å². The molecule has 2 aliphatic carbocycles. The molecule has 8 heteroatoms. The maximum Gasteiger partial charge on any atom is 0.343 e. The van der Waals surface area contributed by atoms with Gasteiger partial charge in [-0.1, -0.05) is 5.73 Å². The number of hydrogen-bond acceptors (Lipinski definition) is 3. The number of hydrogen-bond donors (Lipinski definition) is 0. The highest BCUT2D eigenvalue weighted by Gasteiger charge is 2.59. The highest BCUT2D eigenvalue weighted by atomic mass is 127. The number of rotatable bonds is 3. The minimum atomic E-state index is -3.59. The van der Waals surface area contributed by atoms with Gasteiger partial charge in [0.2, 0.25) is 5.78 Å². The summed E-state index contributed by atoms with van der Waals surface area (Å²) in [4.78, 5) is 11.5. The maximum atomic E-state index is 13.3. The van der Waals surface area contributed by atoms with Gasteiger partial charge in [-0.05, 0) is 46.5 Å². The van der Waals surface area contributed by atoms with Crippen molar-refractivity contribution in [1.82, 2.24) is 0 Å². The van der Waals surface area contributed by atoms with Crippen LogP contribution in [-0.4, -0.2) is 11.7 Å². The number of ether oxygens (including phenoxy) is 1. The van der Waals surface area contributed by atoms with E-state index in [0.29, 0.717) is 0 Å². The summed E-state index contributed by atoms with van der Waals surface area (Å²) in [5.74, 6) is -5.14. The van der Waals surface area contributed by atoms with E-state index >= 15 is 0 Å². The number of alkyl halides is 4. The molecule has 3 nitrogen and oxygen atoms in total. The van der Waals surface area contributed by atoms with E-state index in [1.807, 2.05) is 0 Å². The molecule has 0 N–H and O–H groups in total. The highest BCUT2D eigenvalue weighted by Crippen LogP contribution is 2.48. The number of Topliss-reactive ketones (excluding diaryl/α,β-unsaturated/α-hetero) is 1.